The number of hydrogen-bond acceptors (Lipinski definition) is 5. The Morgan fingerprint density at radius 1 is 0.941 bits per heavy atom. The average molecular weight is 458 g/mol. The second-order valence-electron chi connectivity index (χ2n) is 8.13. The van der Waals surface area contributed by atoms with Gasteiger partial charge in [0, 0.05) is 23.0 Å². The third-order valence-electron chi connectivity index (χ3n) is 5.88. The molecule has 1 aromatic heterocycles. The van der Waals surface area contributed by atoms with Crippen LogP contribution in [0.25, 0.3) is 11.8 Å². The lowest BCUT2D eigenvalue weighted by Crippen LogP contribution is -2.54. The van der Waals surface area contributed by atoms with Crippen molar-refractivity contribution in [3.8, 4) is 5.69 Å². The van der Waals surface area contributed by atoms with Gasteiger partial charge in [-0.1, -0.05) is 24.3 Å². The summed E-state index contributed by atoms with van der Waals surface area (Å²) in [6.45, 7) is 7.05. The molecule has 0 saturated carbocycles. The summed E-state index contributed by atoms with van der Waals surface area (Å²) in [7, 11) is 0. The zero-order chi connectivity index (χ0) is 24.7. The van der Waals surface area contributed by atoms with Crippen molar-refractivity contribution in [3.63, 3.8) is 0 Å². The molecule has 0 bridgehead atoms. The summed E-state index contributed by atoms with van der Waals surface area (Å²) in [5.74, 6) is -1.51. The van der Waals surface area contributed by atoms with Crippen LogP contribution in [-0.4, -0.2) is 27.3 Å². The quantitative estimate of drug-likeness (QED) is 0.271. The van der Waals surface area contributed by atoms with E-state index in [4.69, 9.17) is 0 Å². The predicted octanol–water partition coefficient (Wildman–Crippen LogP) is 4.29. The van der Waals surface area contributed by atoms with Crippen molar-refractivity contribution in [3.05, 3.63) is 92.3 Å². The minimum atomic E-state index is -0.807. The standard InChI is InChI=1S/C25H22N4O5/c1-14-7-5-6-8-21(14)28-24(31)20(23(30)26-25(28)32)12-18-11-16(3)27(17(18)4)19-10-9-15(2)22(13-19)29(33)34/h5-13H,1-4H3,(H,26,30,32)/b20-12+. The maximum atomic E-state index is 13.2. The normalized spacial score (nSPS) is 15.1. The van der Waals surface area contributed by atoms with E-state index in [2.05, 4.69) is 5.32 Å². The maximum absolute atomic E-state index is 13.2. The van der Waals surface area contributed by atoms with Gasteiger partial charge in [0.2, 0.25) is 0 Å². The van der Waals surface area contributed by atoms with E-state index in [9.17, 15) is 24.5 Å². The molecule has 4 amide bonds. The van der Waals surface area contributed by atoms with Crippen LogP contribution in [0.4, 0.5) is 16.2 Å². The molecule has 34 heavy (non-hydrogen) atoms. The zero-order valence-electron chi connectivity index (χ0n) is 19.1. The number of amides is 4. The molecule has 9 nitrogen and oxygen atoms in total. The monoisotopic (exact) mass is 458 g/mol. The summed E-state index contributed by atoms with van der Waals surface area (Å²) in [6, 6.07) is 12.8. The first-order valence-corrected chi connectivity index (χ1v) is 10.5. The minimum Gasteiger partial charge on any atom is -0.318 e. The number of nitro groups is 1. The Bertz CT molecular complexity index is 1420. The van der Waals surface area contributed by atoms with Crippen LogP contribution >= 0.6 is 0 Å². The molecule has 0 atom stereocenters. The molecule has 0 aliphatic carbocycles. The zero-order valence-corrected chi connectivity index (χ0v) is 19.1. The second-order valence-corrected chi connectivity index (χ2v) is 8.13. The molecule has 0 radical (unpaired) electrons. The topological polar surface area (TPSA) is 115 Å². The lowest BCUT2D eigenvalue weighted by Gasteiger charge is -2.27. The number of para-hydroxylation sites is 1. The van der Waals surface area contributed by atoms with Crippen molar-refractivity contribution in [2.45, 2.75) is 27.7 Å². The number of nitrogens with one attached hydrogen (secondary N) is 1. The van der Waals surface area contributed by atoms with Gasteiger partial charge in [-0.2, -0.15) is 0 Å². The van der Waals surface area contributed by atoms with Crippen molar-refractivity contribution in [1.82, 2.24) is 9.88 Å². The summed E-state index contributed by atoms with van der Waals surface area (Å²) in [5.41, 5.74) is 4.08. The van der Waals surface area contributed by atoms with Crippen molar-refractivity contribution in [2.75, 3.05) is 4.90 Å². The summed E-state index contributed by atoms with van der Waals surface area (Å²) >= 11 is 0. The molecule has 9 heteroatoms. The number of nitrogens with zero attached hydrogens (tertiary/aromatic N) is 3. The number of nitro benzene ring substituents is 1. The maximum Gasteiger partial charge on any atom is 0.335 e. The van der Waals surface area contributed by atoms with Crippen LogP contribution in [0.15, 0.2) is 54.1 Å². The average Bonchev–Trinajstić information content (AvgIpc) is 3.05. The fraction of sp³-hybridized carbons (Fsp3) is 0.160. The molecule has 0 spiro atoms. The third kappa shape index (κ3) is 3.77. The number of aromatic nitrogens is 1. The number of carbonyl (C=O) groups excluding carboxylic acids is 3. The van der Waals surface area contributed by atoms with E-state index in [1.807, 2.05) is 11.5 Å². The van der Waals surface area contributed by atoms with Crippen molar-refractivity contribution >= 4 is 35.3 Å². The molecule has 2 heterocycles. The fourth-order valence-electron chi connectivity index (χ4n) is 4.11. The van der Waals surface area contributed by atoms with Gasteiger partial charge >= 0.3 is 6.03 Å². The number of imide groups is 2. The molecule has 1 N–H and O–H groups in total. The van der Waals surface area contributed by atoms with Crippen molar-refractivity contribution in [2.24, 2.45) is 0 Å². The SMILES string of the molecule is Cc1ccccc1N1C(=O)NC(=O)/C(=C\c2cc(C)n(-c3ccc(C)c([N+](=O)[O-])c3)c2C)C1=O. The van der Waals surface area contributed by atoms with Crippen LogP contribution in [0.5, 0.6) is 0 Å². The number of benzene rings is 2. The van der Waals surface area contributed by atoms with Crippen LogP contribution < -0.4 is 10.2 Å². The van der Waals surface area contributed by atoms with Gasteiger partial charge in [0.05, 0.1) is 16.3 Å². The third-order valence-corrected chi connectivity index (χ3v) is 5.88. The highest BCUT2D eigenvalue weighted by molar-refractivity contribution is 6.39. The minimum absolute atomic E-state index is 0.000809. The summed E-state index contributed by atoms with van der Waals surface area (Å²) in [6.07, 6.45) is 1.44. The Hall–Kier alpha value is -4.53. The Kier molecular flexibility index (Phi) is 5.62. The smallest absolute Gasteiger partial charge is 0.318 e. The summed E-state index contributed by atoms with van der Waals surface area (Å²) in [5, 5.41) is 13.6. The van der Waals surface area contributed by atoms with Crippen LogP contribution in [0, 0.1) is 37.8 Å². The van der Waals surface area contributed by atoms with Crippen LogP contribution in [0.3, 0.4) is 0 Å². The first-order valence-electron chi connectivity index (χ1n) is 10.5. The Balaban J connectivity index is 1.79. The van der Waals surface area contributed by atoms with Gasteiger partial charge in [0.15, 0.2) is 0 Å². The van der Waals surface area contributed by atoms with E-state index in [-0.39, 0.29) is 11.3 Å². The second kappa shape index (κ2) is 8.43. The van der Waals surface area contributed by atoms with Crippen LogP contribution in [0.1, 0.15) is 28.1 Å². The number of anilines is 1. The highest BCUT2D eigenvalue weighted by Crippen LogP contribution is 2.29. The van der Waals surface area contributed by atoms with E-state index >= 15 is 0 Å². The largest absolute Gasteiger partial charge is 0.335 e. The number of carbonyl (C=O) groups is 3. The number of rotatable bonds is 4. The molecule has 0 unspecified atom stereocenters. The van der Waals surface area contributed by atoms with Crippen LogP contribution in [-0.2, 0) is 9.59 Å². The first kappa shape index (κ1) is 22.7. The number of barbiturate groups is 1. The number of hydrogen-bond donors (Lipinski definition) is 1. The Morgan fingerprint density at radius 3 is 2.32 bits per heavy atom. The van der Waals surface area contributed by atoms with Gasteiger partial charge in [-0.15, -0.1) is 0 Å². The van der Waals surface area contributed by atoms with Gasteiger partial charge < -0.3 is 4.57 Å². The molecule has 1 saturated heterocycles. The highest BCUT2D eigenvalue weighted by Gasteiger charge is 2.37. The molecule has 172 valence electrons. The van der Waals surface area contributed by atoms with Crippen molar-refractivity contribution in [1.29, 1.82) is 0 Å². The van der Waals surface area contributed by atoms with Gasteiger partial charge in [0.1, 0.15) is 5.57 Å². The molecule has 4 rings (SSSR count). The van der Waals surface area contributed by atoms with E-state index in [1.54, 1.807) is 63.2 Å². The Morgan fingerprint density at radius 2 is 1.65 bits per heavy atom. The molecule has 1 aliphatic rings. The first-order chi connectivity index (χ1) is 16.1. The Labute approximate surface area is 195 Å². The number of aryl methyl sites for hydroxylation is 3. The fourth-order valence-corrected chi connectivity index (χ4v) is 4.11. The van der Waals surface area contributed by atoms with Crippen LogP contribution in [0.2, 0.25) is 0 Å². The lowest BCUT2D eigenvalue weighted by molar-refractivity contribution is -0.385. The highest BCUT2D eigenvalue weighted by atomic mass is 16.6. The summed E-state index contributed by atoms with van der Waals surface area (Å²) in [4.78, 5) is 50.2. The van der Waals surface area contributed by atoms with E-state index in [0.717, 1.165) is 10.6 Å². The number of urea groups is 1. The van der Waals surface area contributed by atoms with Gasteiger partial charge in [0.25, 0.3) is 17.5 Å². The molecular formula is C25H22N4O5. The lowest BCUT2D eigenvalue weighted by atomic mass is 10.1. The van der Waals surface area contributed by atoms with E-state index in [0.29, 0.717) is 33.8 Å². The van der Waals surface area contributed by atoms with Gasteiger partial charge in [-0.25, -0.2) is 9.69 Å². The summed E-state index contributed by atoms with van der Waals surface area (Å²) < 4.78 is 1.81. The molecule has 3 aromatic rings. The van der Waals surface area contributed by atoms with Crippen molar-refractivity contribution < 1.29 is 19.3 Å². The molecular weight excluding hydrogens is 436 g/mol. The predicted molar refractivity (Wildman–Crippen MR) is 127 cm³/mol. The van der Waals surface area contributed by atoms with E-state index < -0.39 is 22.8 Å². The van der Waals surface area contributed by atoms with Gasteiger partial charge in [-0.05, 0) is 63.1 Å². The van der Waals surface area contributed by atoms with Gasteiger partial charge in [-0.3, -0.25) is 25.0 Å². The van der Waals surface area contributed by atoms with E-state index in [1.165, 1.54) is 12.1 Å². The molecule has 2 aromatic carbocycles. The molecule has 1 aliphatic heterocycles. The molecule has 1 fully saturated rings.